The molecular weight excluding hydrogens is 576 g/mol. The van der Waals surface area contributed by atoms with Crippen molar-refractivity contribution < 1.29 is 45.6 Å². The number of halogens is 6. The van der Waals surface area contributed by atoms with E-state index < -0.39 is 23.7 Å². The molecule has 11 heteroatoms. The highest BCUT2D eigenvalue weighted by Crippen LogP contribution is 2.48. The maximum Gasteiger partial charge on any atom is 0.507 e. The summed E-state index contributed by atoms with van der Waals surface area (Å²) in [6.07, 6.45) is 1.33. The molecular formula is C32H31F6NO4. The topological polar surface area (TPSA) is 40.2 Å². The van der Waals surface area contributed by atoms with Crippen molar-refractivity contribution in [3.8, 4) is 17.2 Å². The lowest BCUT2D eigenvalue weighted by Crippen LogP contribution is -2.52. The van der Waals surface area contributed by atoms with E-state index in [0.29, 0.717) is 55.7 Å². The number of ether oxygens (including phenoxy) is 3. The molecule has 0 radical (unpaired) electrons. The van der Waals surface area contributed by atoms with Crippen LogP contribution in [0.1, 0.15) is 43.2 Å². The van der Waals surface area contributed by atoms with E-state index in [1.165, 1.54) is 30.4 Å². The van der Waals surface area contributed by atoms with Crippen LogP contribution in [0, 0.1) is 0 Å². The van der Waals surface area contributed by atoms with Gasteiger partial charge in [-0.2, -0.15) is 17.6 Å². The fourth-order valence-electron chi connectivity index (χ4n) is 5.29. The molecule has 2 heterocycles. The summed E-state index contributed by atoms with van der Waals surface area (Å²) >= 11 is 0. The van der Waals surface area contributed by atoms with Crippen LogP contribution in [0.5, 0.6) is 17.2 Å². The summed E-state index contributed by atoms with van der Waals surface area (Å²) in [5, 5.41) is 0. The van der Waals surface area contributed by atoms with Crippen molar-refractivity contribution in [2.45, 2.75) is 50.4 Å². The smallest absolute Gasteiger partial charge is 0.489 e. The number of allylic oxidation sites excluding steroid dienone is 7. The molecule has 0 aromatic heterocycles. The SMILES string of the molecule is FCCCN1CC[C@H](Oc2ccc(C3=C(\c4ccc5c(c4)OC(F)(F)C(F)(F)O5)CCC/C=C/C(OF)=C\C=C\3)cc2)C1. The van der Waals surface area contributed by atoms with Gasteiger partial charge in [0.1, 0.15) is 11.9 Å². The van der Waals surface area contributed by atoms with E-state index in [0.717, 1.165) is 24.1 Å². The minimum absolute atomic E-state index is 0.00223. The standard InChI is InChI=1S/C32H31F6NO4/c33-17-5-18-39-19-16-26(21-39)40-24-13-10-22(11-14-24)27-9-4-7-25(43-38)6-2-1-3-8-28(27)23-12-15-29-30(20-23)42-32(36,37)31(34,35)41-29/h2,4,6-7,9-15,20,26H,1,3,5,8,16-19,21H2/b6-2+,9-4+,25-7+,28-27-/t26-/m0/s1. The van der Waals surface area contributed by atoms with Crippen LogP contribution >= 0.6 is 0 Å². The summed E-state index contributed by atoms with van der Waals surface area (Å²) in [5.41, 5.74) is 2.64. The molecule has 5 rings (SSSR count). The zero-order chi connectivity index (χ0) is 30.5. The molecule has 1 saturated heterocycles. The van der Waals surface area contributed by atoms with Gasteiger partial charge >= 0.3 is 12.2 Å². The van der Waals surface area contributed by atoms with Gasteiger partial charge in [-0.15, -0.1) is 0 Å². The fourth-order valence-corrected chi connectivity index (χ4v) is 5.29. The maximum atomic E-state index is 14.0. The first-order valence-corrected chi connectivity index (χ1v) is 14.1. The first kappa shape index (κ1) is 30.6. The quantitative estimate of drug-likeness (QED) is 0.282. The summed E-state index contributed by atoms with van der Waals surface area (Å²) in [5.74, 6) is -0.348. The molecule has 3 aliphatic rings. The van der Waals surface area contributed by atoms with Gasteiger partial charge in [0.2, 0.25) is 0 Å². The number of alkyl halides is 5. The van der Waals surface area contributed by atoms with Gasteiger partial charge in [-0.1, -0.05) is 36.4 Å². The first-order valence-electron chi connectivity index (χ1n) is 14.1. The molecule has 0 saturated carbocycles. The molecule has 0 spiro atoms. The molecule has 1 aliphatic carbocycles. The van der Waals surface area contributed by atoms with E-state index in [9.17, 15) is 26.5 Å². The molecule has 1 atom stereocenters. The lowest BCUT2D eigenvalue weighted by Gasteiger charge is -2.32. The lowest BCUT2D eigenvalue weighted by atomic mass is 9.90. The largest absolute Gasteiger partial charge is 0.507 e. The molecule has 0 bridgehead atoms. The third-order valence-corrected chi connectivity index (χ3v) is 7.43. The van der Waals surface area contributed by atoms with Crippen LogP contribution in [0.3, 0.4) is 0 Å². The Balaban J connectivity index is 1.48. The van der Waals surface area contributed by atoms with Crippen LogP contribution in [-0.2, 0) is 4.94 Å². The van der Waals surface area contributed by atoms with E-state index in [1.54, 1.807) is 18.2 Å². The van der Waals surface area contributed by atoms with Gasteiger partial charge in [-0.25, -0.2) is 0 Å². The molecule has 0 unspecified atom stereocenters. The van der Waals surface area contributed by atoms with Crippen molar-refractivity contribution in [1.29, 1.82) is 0 Å². The van der Waals surface area contributed by atoms with Crippen molar-refractivity contribution in [3.63, 3.8) is 0 Å². The van der Waals surface area contributed by atoms with E-state index >= 15 is 0 Å². The van der Waals surface area contributed by atoms with Gasteiger partial charge in [-0.05, 0) is 90.8 Å². The third-order valence-electron chi connectivity index (χ3n) is 7.43. The number of likely N-dealkylation sites (tertiary alicyclic amines) is 1. The van der Waals surface area contributed by atoms with Crippen LogP contribution in [0.4, 0.5) is 26.5 Å². The van der Waals surface area contributed by atoms with E-state index in [-0.39, 0.29) is 18.5 Å². The van der Waals surface area contributed by atoms with Gasteiger partial charge in [-0.3, -0.25) is 14.2 Å². The Hall–Kier alpha value is -3.86. The highest BCUT2D eigenvalue weighted by molar-refractivity contribution is 5.96. The summed E-state index contributed by atoms with van der Waals surface area (Å²) in [7, 11) is 0. The average Bonchev–Trinajstić information content (AvgIpc) is 3.41. The molecule has 2 aliphatic heterocycles. The molecule has 0 amide bonds. The van der Waals surface area contributed by atoms with E-state index in [2.05, 4.69) is 19.3 Å². The van der Waals surface area contributed by atoms with Gasteiger partial charge < -0.3 is 14.2 Å². The number of nitrogens with zero attached hydrogens (tertiary/aromatic N) is 1. The lowest BCUT2D eigenvalue weighted by molar-refractivity contribution is -0.391. The normalized spacial score (nSPS) is 26.1. The summed E-state index contributed by atoms with van der Waals surface area (Å²) in [4.78, 5) is 6.10. The number of benzene rings is 2. The molecule has 0 N–H and O–H groups in total. The number of fused-ring (bicyclic) bond motifs is 1. The highest BCUT2D eigenvalue weighted by atomic mass is 19.3. The Labute approximate surface area is 245 Å². The number of rotatable bonds is 8. The second-order valence-corrected chi connectivity index (χ2v) is 10.5. The molecule has 230 valence electrons. The zero-order valence-electron chi connectivity index (χ0n) is 23.2. The van der Waals surface area contributed by atoms with Crippen LogP contribution in [0.25, 0.3) is 11.1 Å². The first-order chi connectivity index (χ1) is 20.7. The Kier molecular flexibility index (Phi) is 9.39. The maximum absolute atomic E-state index is 14.0. The van der Waals surface area contributed by atoms with Gasteiger partial charge in [0.15, 0.2) is 17.3 Å². The van der Waals surface area contributed by atoms with Crippen molar-refractivity contribution in [1.82, 2.24) is 4.90 Å². The van der Waals surface area contributed by atoms with Gasteiger partial charge in [0, 0.05) is 24.2 Å². The van der Waals surface area contributed by atoms with Crippen molar-refractivity contribution >= 4 is 11.1 Å². The monoisotopic (exact) mass is 607 g/mol. The van der Waals surface area contributed by atoms with Crippen LogP contribution in [0.15, 0.2) is 78.6 Å². The minimum Gasteiger partial charge on any atom is -0.489 e. The molecule has 43 heavy (non-hydrogen) atoms. The molecule has 1 fully saturated rings. The predicted molar refractivity (Wildman–Crippen MR) is 149 cm³/mol. The number of hydrogen-bond acceptors (Lipinski definition) is 5. The van der Waals surface area contributed by atoms with Crippen molar-refractivity contribution in [3.05, 3.63) is 89.7 Å². The Morgan fingerprint density at radius 3 is 2.42 bits per heavy atom. The average molecular weight is 608 g/mol. The Morgan fingerprint density at radius 2 is 1.67 bits per heavy atom. The minimum atomic E-state index is -4.85. The van der Waals surface area contributed by atoms with Crippen molar-refractivity contribution in [2.24, 2.45) is 0 Å². The van der Waals surface area contributed by atoms with Crippen LogP contribution in [0.2, 0.25) is 0 Å². The molecule has 5 nitrogen and oxygen atoms in total. The highest BCUT2D eigenvalue weighted by Gasteiger charge is 2.65. The van der Waals surface area contributed by atoms with E-state index in [1.807, 2.05) is 24.3 Å². The van der Waals surface area contributed by atoms with Crippen LogP contribution in [-0.4, -0.2) is 49.5 Å². The Morgan fingerprint density at radius 1 is 0.930 bits per heavy atom. The second kappa shape index (κ2) is 13.2. The molecule has 2 aromatic carbocycles. The summed E-state index contributed by atoms with van der Waals surface area (Å²) in [6.45, 7) is 1.90. The summed E-state index contributed by atoms with van der Waals surface area (Å²) in [6, 6.07) is 11.3. The second-order valence-electron chi connectivity index (χ2n) is 10.5. The third kappa shape index (κ3) is 7.21. The van der Waals surface area contributed by atoms with E-state index in [4.69, 9.17) is 4.74 Å². The van der Waals surface area contributed by atoms with Gasteiger partial charge in [0.25, 0.3) is 0 Å². The zero-order valence-corrected chi connectivity index (χ0v) is 23.2. The Bertz CT molecular complexity index is 1400. The molecule has 2 aromatic rings. The fraction of sp³-hybridized carbons (Fsp3) is 0.375. The van der Waals surface area contributed by atoms with Crippen molar-refractivity contribution in [2.75, 3.05) is 26.3 Å². The number of hydrogen-bond donors (Lipinski definition) is 0. The van der Waals surface area contributed by atoms with Crippen LogP contribution < -0.4 is 14.2 Å². The summed E-state index contributed by atoms with van der Waals surface area (Å²) < 4.78 is 95.7. The predicted octanol–water partition coefficient (Wildman–Crippen LogP) is 8.45. The van der Waals surface area contributed by atoms with Gasteiger partial charge in [0.05, 0.1) is 6.67 Å².